The first kappa shape index (κ1) is 26.9. The predicted octanol–water partition coefficient (Wildman–Crippen LogP) is 5.92. The van der Waals surface area contributed by atoms with Gasteiger partial charge in [-0.05, 0) is 63.6 Å². The average molecular weight is 534 g/mol. The Morgan fingerprint density at radius 2 is 1.55 bits per heavy atom. The van der Waals surface area contributed by atoms with Crippen molar-refractivity contribution in [2.24, 2.45) is 0 Å². The van der Waals surface area contributed by atoms with E-state index in [1.54, 1.807) is 21.0 Å². The van der Waals surface area contributed by atoms with Gasteiger partial charge in [-0.15, -0.1) is 11.3 Å². The van der Waals surface area contributed by atoms with Gasteiger partial charge < -0.3 is 24.8 Å². The highest BCUT2D eigenvalue weighted by atomic mass is 32.1. The molecule has 2 N–H and O–H groups in total. The summed E-state index contributed by atoms with van der Waals surface area (Å²) in [6.45, 7) is 7.56. The van der Waals surface area contributed by atoms with E-state index in [2.05, 4.69) is 10.6 Å². The molecule has 2 heterocycles. The molecule has 0 radical (unpaired) electrons. The van der Waals surface area contributed by atoms with Crippen LogP contribution in [0.5, 0.6) is 5.75 Å². The van der Waals surface area contributed by atoms with Crippen molar-refractivity contribution in [3.8, 4) is 17.0 Å². The van der Waals surface area contributed by atoms with E-state index >= 15 is 0 Å². The standard InChI is InChI=1S/C29H31N3O5S/c1-6-36-27(33)24-17(3)30-18(4)25(28(34)37-7-2)26(24)21-10-8-9-11-22(21)31-29-32-23(16-38-29)19-12-14-20(35-5)15-13-19/h8-16,26,30H,6-7H2,1-5H3,(H,31,32). The molecule has 3 aromatic rings. The number of carbonyl (C=O) groups is 2. The molecular weight excluding hydrogens is 502 g/mol. The number of methoxy groups -OCH3 is 1. The van der Waals surface area contributed by atoms with Crippen LogP contribution in [-0.2, 0) is 19.1 Å². The number of dihydropyridines is 1. The fraction of sp³-hybridized carbons (Fsp3) is 0.276. The van der Waals surface area contributed by atoms with E-state index in [4.69, 9.17) is 19.2 Å². The molecule has 0 saturated heterocycles. The van der Waals surface area contributed by atoms with E-state index in [1.165, 1.54) is 11.3 Å². The molecule has 1 aliphatic heterocycles. The fourth-order valence-corrected chi connectivity index (χ4v) is 5.20. The van der Waals surface area contributed by atoms with Crippen LogP contribution in [0.1, 0.15) is 39.2 Å². The van der Waals surface area contributed by atoms with Gasteiger partial charge in [-0.3, -0.25) is 0 Å². The highest BCUT2D eigenvalue weighted by molar-refractivity contribution is 7.14. The monoisotopic (exact) mass is 533 g/mol. The summed E-state index contributed by atoms with van der Waals surface area (Å²) >= 11 is 1.46. The van der Waals surface area contributed by atoms with Crippen LogP contribution < -0.4 is 15.4 Å². The Morgan fingerprint density at radius 3 is 2.13 bits per heavy atom. The number of thiazole rings is 1. The zero-order valence-electron chi connectivity index (χ0n) is 22.1. The van der Waals surface area contributed by atoms with Crippen LogP contribution in [0, 0.1) is 0 Å². The third-order valence-electron chi connectivity index (χ3n) is 6.15. The number of nitrogens with one attached hydrogen (secondary N) is 2. The molecule has 0 spiro atoms. The number of nitrogens with zero attached hydrogens (tertiary/aromatic N) is 1. The molecule has 9 heteroatoms. The van der Waals surface area contributed by atoms with Crippen LogP contribution in [0.25, 0.3) is 11.3 Å². The van der Waals surface area contributed by atoms with Crippen molar-refractivity contribution in [1.29, 1.82) is 0 Å². The van der Waals surface area contributed by atoms with Crippen LogP contribution in [0.3, 0.4) is 0 Å². The maximum absolute atomic E-state index is 13.2. The summed E-state index contributed by atoms with van der Waals surface area (Å²) < 4.78 is 16.1. The predicted molar refractivity (Wildman–Crippen MR) is 148 cm³/mol. The van der Waals surface area contributed by atoms with Crippen LogP contribution in [0.4, 0.5) is 10.8 Å². The average Bonchev–Trinajstić information content (AvgIpc) is 3.37. The summed E-state index contributed by atoms with van der Waals surface area (Å²) in [6.07, 6.45) is 0. The van der Waals surface area contributed by atoms with Crippen molar-refractivity contribution in [2.75, 3.05) is 25.6 Å². The number of ether oxygens (including phenoxy) is 3. The van der Waals surface area contributed by atoms with Gasteiger partial charge in [0.2, 0.25) is 0 Å². The first-order valence-corrected chi connectivity index (χ1v) is 13.2. The highest BCUT2D eigenvalue weighted by Gasteiger charge is 2.39. The fourth-order valence-electron chi connectivity index (χ4n) is 4.47. The van der Waals surface area contributed by atoms with Gasteiger partial charge in [0.1, 0.15) is 5.75 Å². The topological polar surface area (TPSA) is 98.8 Å². The molecule has 0 bridgehead atoms. The second kappa shape index (κ2) is 12.0. The van der Waals surface area contributed by atoms with Gasteiger partial charge in [0.15, 0.2) is 5.13 Å². The maximum atomic E-state index is 13.2. The van der Waals surface area contributed by atoms with E-state index < -0.39 is 17.9 Å². The molecule has 4 rings (SSSR count). The lowest BCUT2D eigenvalue weighted by Crippen LogP contribution is -2.32. The third kappa shape index (κ3) is 5.57. The van der Waals surface area contributed by atoms with Gasteiger partial charge in [-0.1, -0.05) is 18.2 Å². The van der Waals surface area contributed by atoms with E-state index in [9.17, 15) is 9.59 Å². The van der Waals surface area contributed by atoms with Gasteiger partial charge in [0.25, 0.3) is 0 Å². The zero-order chi connectivity index (χ0) is 27.2. The molecule has 1 aromatic heterocycles. The van der Waals surface area contributed by atoms with Crippen LogP contribution in [0.15, 0.2) is 76.5 Å². The lowest BCUT2D eigenvalue weighted by Gasteiger charge is -2.31. The van der Waals surface area contributed by atoms with Gasteiger partial charge in [-0.25, -0.2) is 14.6 Å². The first-order valence-electron chi connectivity index (χ1n) is 12.4. The molecule has 8 nitrogen and oxygen atoms in total. The number of rotatable bonds is 9. The Kier molecular flexibility index (Phi) is 8.48. The van der Waals surface area contributed by atoms with Crippen molar-refractivity contribution in [3.05, 3.63) is 82.0 Å². The third-order valence-corrected chi connectivity index (χ3v) is 6.91. The van der Waals surface area contributed by atoms with Crippen molar-refractivity contribution in [1.82, 2.24) is 10.3 Å². The lowest BCUT2D eigenvalue weighted by molar-refractivity contribution is -0.139. The molecule has 0 aliphatic carbocycles. The molecule has 2 aromatic carbocycles. The van der Waals surface area contributed by atoms with Gasteiger partial charge >= 0.3 is 11.9 Å². The minimum atomic E-state index is -0.695. The number of allylic oxidation sites excluding steroid dienone is 2. The molecule has 0 amide bonds. The minimum Gasteiger partial charge on any atom is -0.497 e. The molecule has 0 unspecified atom stereocenters. The maximum Gasteiger partial charge on any atom is 0.336 e. The number of hydrogen-bond acceptors (Lipinski definition) is 9. The van der Waals surface area contributed by atoms with Gasteiger partial charge in [0, 0.05) is 28.0 Å². The molecule has 1 aliphatic rings. The number of hydrogen-bond donors (Lipinski definition) is 2. The van der Waals surface area contributed by atoms with E-state index in [1.807, 2.05) is 67.8 Å². The van der Waals surface area contributed by atoms with Crippen molar-refractivity contribution in [2.45, 2.75) is 33.6 Å². The number of anilines is 2. The normalized spacial score (nSPS) is 13.7. The Bertz CT molecular complexity index is 1350. The zero-order valence-corrected chi connectivity index (χ0v) is 22.9. The Labute approximate surface area is 226 Å². The highest BCUT2D eigenvalue weighted by Crippen LogP contribution is 2.43. The van der Waals surface area contributed by atoms with Crippen molar-refractivity contribution in [3.63, 3.8) is 0 Å². The number of benzene rings is 2. The Hall–Kier alpha value is -4.11. The van der Waals surface area contributed by atoms with E-state index in [-0.39, 0.29) is 13.2 Å². The molecule has 198 valence electrons. The first-order chi connectivity index (χ1) is 18.4. The second-order valence-electron chi connectivity index (χ2n) is 8.55. The second-order valence-corrected chi connectivity index (χ2v) is 9.41. The van der Waals surface area contributed by atoms with Crippen molar-refractivity contribution >= 4 is 34.1 Å². The summed E-state index contributed by atoms with van der Waals surface area (Å²) in [4.78, 5) is 31.1. The summed E-state index contributed by atoms with van der Waals surface area (Å²) in [5.74, 6) is -0.885. The number of carbonyl (C=O) groups excluding carboxylic acids is 2. The molecule has 0 saturated carbocycles. The van der Waals surface area contributed by atoms with Gasteiger partial charge in [-0.2, -0.15) is 0 Å². The summed E-state index contributed by atoms with van der Waals surface area (Å²) in [6, 6.07) is 15.3. The number of aromatic nitrogens is 1. The minimum absolute atomic E-state index is 0.215. The quantitative estimate of drug-likeness (QED) is 0.327. The van der Waals surface area contributed by atoms with E-state index in [0.29, 0.717) is 27.7 Å². The molecule has 38 heavy (non-hydrogen) atoms. The van der Waals surface area contributed by atoms with Crippen LogP contribution in [-0.4, -0.2) is 37.2 Å². The molecule has 0 atom stereocenters. The van der Waals surface area contributed by atoms with Crippen LogP contribution >= 0.6 is 11.3 Å². The Morgan fingerprint density at radius 1 is 0.947 bits per heavy atom. The van der Waals surface area contributed by atoms with Crippen LogP contribution in [0.2, 0.25) is 0 Å². The molecule has 0 fully saturated rings. The Balaban J connectivity index is 1.75. The molecular formula is C29H31N3O5S. The van der Waals surface area contributed by atoms with Crippen molar-refractivity contribution < 1.29 is 23.8 Å². The van der Waals surface area contributed by atoms with Gasteiger partial charge in [0.05, 0.1) is 43.1 Å². The number of para-hydroxylation sites is 1. The summed E-state index contributed by atoms with van der Waals surface area (Å²) in [5.41, 5.74) is 5.24. The smallest absolute Gasteiger partial charge is 0.336 e. The SMILES string of the molecule is CCOC(=O)C1=C(C)NC(C)=C(C(=O)OCC)C1c1ccccc1Nc1nc(-c2ccc(OC)cc2)cs1. The lowest BCUT2D eigenvalue weighted by atomic mass is 9.79. The number of esters is 2. The van der Waals surface area contributed by atoms with E-state index in [0.717, 1.165) is 28.3 Å². The summed E-state index contributed by atoms with van der Waals surface area (Å²) in [5, 5.41) is 9.23. The summed E-state index contributed by atoms with van der Waals surface area (Å²) in [7, 11) is 1.63. The largest absolute Gasteiger partial charge is 0.497 e.